The first kappa shape index (κ1) is 12.4. The van der Waals surface area contributed by atoms with Crippen LogP contribution in [0.2, 0.25) is 0 Å². The highest BCUT2D eigenvalue weighted by atomic mass is 15.0. The van der Waals surface area contributed by atoms with Crippen LogP contribution in [0.4, 0.5) is 0 Å². The molecule has 1 N–H and O–H groups in total. The number of hydrogen-bond acceptors (Lipinski definition) is 3. The van der Waals surface area contributed by atoms with Crippen LogP contribution in [-0.2, 0) is 0 Å². The van der Waals surface area contributed by atoms with Crippen molar-refractivity contribution in [1.29, 1.82) is 5.26 Å². The second-order valence-corrected chi connectivity index (χ2v) is 3.52. The lowest BCUT2D eigenvalue weighted by molar-refractivity contribution is 0.394. The largest absolute Gasteiger partial charge is 0.317 e. The van der Waals surface area contributed by atoms with Gasteiger partial charge in [-0.05, 0) is 53.0 Å². The van der Waals surface area contributed by atoms with Gasteiger partial charge < -0.3 is 10.2 Å². The summed E-state index contributed by atoms with van der Waals surface area (Å²) in [6.45, 7) is 3.28. The first-order valence-electron chi connectivity index (χ1n) is 4.99. The maximum absolute atomic E-state index is 8.29. The first-order valence-corrected chi connectivity index (χ1v) is 4.99. The molecule has 3 heteroatoms. The second kappa shape index (κ2) is 9.50. The molecule has 0 radical (unpaired) electrons. The van der Waals surface area contributed by atoms with Crippen LogP contribution in [0.25, 0.3) is 0 Å². The Labute approximate surface area is 81.7 Å². The van der Waals surface area contributed by atoms with Crippen LogP contribution < -0.4 is 5.32 Å². The Morgan fingerprint density at radius 1 is 1.15 bits per heavy atom. The topological polar surface area (TPSA) is 39.1 Å². The monoisotopic (exact) mass is 183 g/mol. The van der Waals surface area contributed by atoms with Gasteiger partial charge in [-0.2, -0.15) is 5.26 Å². The molecule has 3 nitrogen and oxygen atoms in total. The van der Waals surface area contributed by atoms with Gasteiger partial charge in [-0.15, -0.1) is 0 Å². The average molecular weight is 183 g/mol. The summed E-state index contributed by atoms with van der Waals surface area (Å²) < 4.78 is 0. The number of nitriles is 1. The van der Waals surface area contributed by atoms with E-state index in [4.69, 9.17) is 5.26 Å². The van der Waals surface area contributed by atoms with Crippen LogP contribution in [0.1, 0.15) is 25.7 Å². The number of rotatable bonds is 8. The van der Waals surface area contributed by atoms with Gasteiger partial charge in [-0.25, -0.2) is 0 Å². The molecule has 0 aromatic heterocycles. The van der Waals surface area contributed by atoms with Crippen molar-refractivity contribution in [2.45, 2.75) is 25.7 Å². The molecule has 0 saturated carbocycles. The standard InChI is InChI=1S/C10H21N3/c1-13(2)10-6-9-12-8-5-3-4-7-11/h12H,3-6,8-10H2,1-2H3. The number of hydrogen-bond donors (Lipinski definition) is 1. The molecule has 0 bridgehead atoms. The van der Waals surface area contributed by atoms with Gasteiger partial charge in [0.2, 0.25) is 0 Å². The summed E-state index contributed by atoms with van der Waals surface area (Å²) in [6, 6.07) is 2.15. The van der Waals surface area contributed by atoms with Crippen molar-refractivity contribution in [2.24, 2.45) is 0 Å². The van der Waals surface area contributed by atoms with Crippen molar-refractivity contribution in [3.8, 4) is 6.07 Å². The molecule has 0 unspecified atom stereocenters. The van der Waals surface area contributed by atoms with E-state index in [1.54, 1.807) is 0 Å². The number of nitrogens with zero attached hydrogens (tertiary/aromatic N) is 2. The predicted molar refractivity (Wildman–Crippen MR) is 55.5 cm³/mol. The quantitative estimate of drug-likeness (QED) is 0.575. The summed E-state index contributed by atoms with van der Waals surface area (Å²) in [5, 5.41) is 11.7. The summed E-state index contributed by atoms with van der Waals surface area (Å²) in [4.78, 5) is 2.19. The average Bonchev–Trinajstić information content (AvgIpc) is 2.09. The van der Waals surface area contributed by atoms with Crippen molar-refractivity contribution in [3.63, 3.8) is 0 Å². The molecule has 0 atom stereocenters. The molecule has 0 fully saturated rings. The number of unbranched alkanes of at least 4 members (excludes halogenated alkanes) is 2. The highest BCUT2D eigenvalue weighted by Gasteiger charge is 1.90. The summed E-state index contributed by atoms with van der Waals surface area (Å²) in [6.07, 6.45) is 4.04. The molecule has 0 aromatic rings. The smallest absolute Gasteiger partial charge is 0.0621 e. The fourth-order valence-corrected chi connectivity index (χ4v) is 1.10. The summed E-state index contributed by atoms with van der Waals surface area (Å²) >= 11 is 0. The lowest BCUT2D eigenvalue weighted by Crippen LogP contribution is -2.22. The zero-order chi connectivity index (χ0) is 9.94. The summed E-state index contributed by atoms with van der Waals surface area (Å²) in [5.41, 5.74) is 0. The van der Waals surface area contributed by atoms with Gasteiger partial charge in [-0.3, -0.25) is 0 Å². The fraction of sp³-hybridized carbons (Fsp3) is 0.900. The van der Waals surface area contributed by atoms with E-state index in [-0.39, 0.29) is 0 Å². The zero-order valence-electron chi connectivity index (χ0n) is 8.84. The third-order valence-corrected chi connectivity index (χ3v) is 1.85. The molecule has 0 rings (SSSR count). The van der Waals surface area contributed by atoms with Crippen molar-refractivity contribution >= 4 is 0 Å². The molecular formula is C10H21N3. The lowest BCUT2D eigenvalue weighted by Gasteiger charge is -2.09. The maximum atomic E-state index is 8.29. The van der Waals surface area contributed by atoms with Crippen LogP contribution in [0.15, 0.2) is 0 Å². The van der Waals surface area contributed by atoms with Gasteiger partial charge in [0.1, 0.15) is 0 Å². The molecule has 13 heavy (non-hydrogen) atoms. The maximum Gasteiger partial charge on any atom is 0.0621 e. The molecule has 76 valence electrons. The molecule has 0 saturated heterocycles. The minimum absolute atomic E-state index is 0.694. The van der Waals surface area contributed by atoms with E-state index in [9.17, 15) is 0 Å². The molecule has 0 aliphatic rings. The Bertz CT molecular complexity index is 138. The van der Waals surface area contributed by atoms with Gasteiger partial charge in [0, 0.05) is 6.42 Å². The van der Waals surface area contributed by atoms with Gasteiger partial charge in [-0.1, -0.05) is 0 Å². The first-order chi connectivity index (χ1) is 6.27. The van der Waals surface area contributed by atoms with E-state index < -0.39 is 0 Å². The van der Waals surface area contributed by atoms with Crippen molar-refractivity contribution in [1.82, 2.24) is 10.2 Å². The molecule has 0 aromatic carbocycles. The van der Waals surface area contributed by atoms with Crippen LogP contribution in [0, 0.1) is 11.3 Å². The molecule has 0 amide bonds. The Morgan fingerprint density at radius 3 is 2.46 bits per heavy atom. The van der Waals surface area contributed by atoms with Gasteiger partial charge in [0.05, 0.1) is 6.07 Å². The minimum Gasteiger partial charge on any atom is -0.317 e. The zero-order valence-corrected chi connectivity index (χ0v) is 8.84. The third kappa shape index (κ3) is 11.4. The Balaban J connectivity index is 2.88. The van der Waals surface area contributed by atoms with Gasteiger partial charge in [0.15, 0.2) is 0 Å². The lowest BCUT2D eigenvalue weighted by atomic mass is 10.2. The van der Waals surface area contributed by atoms with Crippen LogP contribution in [0.3, 0.4) is 0 Å². The van der Waals surface area contributed by atoms with E-state index in [0.717, 1.165) is 32.5 Å². The summed E-state index contributed by atoms with van der Waals surface area (Å²) in [7, 11) is 4.18. The fourth-order valence-electron chi connectivity index (χ4n) is 1.10. The van der Waals surface area contributed by atoms with Crippen molar-refractivity contribution < 1.29 is 0 Å². The third-order valence-electron chi connectivity index (χ3n) is 1.85. The minimum atomic E-state index is 0.694. The predicted octanol–water partition coefficient (Wildman–Crippen LogP) is 1.22. The molecule has 0 heterocycles. The Kier molecular flexibility index (Phi) is 9.07. The Morgan fingerprint density at radius 2 is 1.85 bits per heavy atom. The molecule has 0 aliphatic heterocycles. The van der Waals surface area contributed by atoms with Crippen LogP contribution in [-0.4, -0.2) is 38.6 Å². The van der Waals surface area contributed by atoms with Crippen molar-refractivity contribution in [3.05, 3.63) is 0 Å². The van der Waals surface area contributed by atoms with E-state index in [0.29, 0.717) is 6.42 Å². The highest BCUT2D eigenvalue weighted by molar-refractivity contribution is 4.68. The second-order valence-electron chi connectivity index (χ2n) is 3.52. The Hall–Kier alpha value is -0.590. The van der Waals surface area contributed by atoms with Gasteiger partial charge in [0.25, 0.3) is 0 Å². The highest BCUT2D eigenvalue weighted by Crippen LogP contribution is 1.91. The SMILES string of the molecule is CN(C)CCCNCCCCC#N. The van der Waals surface area contributed by atoms with E-state index >= 15 is 0 Å². The van der Waals surface area contributed by atoms with E-state index in [1.807, 2.05) is 0 Å². The van der Waals surface area contributed by atoms with E-state index in [2.05, 4.69) is 30.4 Å². The van der Waals surface area contributed by atoms with Gasteiger partial charge >= 0.3 is 0 Å². The normalized spacial score (nSPS) is 10.3. The van der Waals surface area contributed by atoms with Crippen LogP contribution >= 0.6 is 0 Å². The molecule has 0 aliphatic carbocycles. The van der Waals surface area contributed by atoms with Crippen molar-refractivity contribution in [2.75, 3.05) is 33.7 Å². The molecule has 0 spiro atoms. The number of nitrogens with one attached hydrogen (secondary N) is 1. The summed E-state index contributed by atoms with van der Waals surface area (Å²) in [5.74, 6) is 0. The van der Waals surface area contributed by atoms with Crippen LogP contribution in [0.5, 0.6) is 0 Å². The molecular weight excluding hydrogens is 162 g/mol. The van der Waals surface area contributed by atoms with E-state index in [1.165, 1.54) is 6.42 Å².